The predicted octanol–water partition coefficient (Wildman–Crippen LogP) is 0.657. The maximum absolute atomic E-state index is 12.6. The number of anilines is 3. The lowest BCUT2D eigenvalue weighted by Crippen LogP contribution is -2.41. The van der Waals surface area contributed by atoms with Gasteiger partial charge in [-0.3, -0.25) is 9.59 Å². The van der Waals surface area contributed by atoms with Crippen LogP contribution in [0.15, 0.2) is 30.5 Å². The van der Waals surface area contributed by atoms with Crippen LogP contribution in [0.1, 0.15) is 28.9 Å². The molecular formula is C22H26N8O5S. The Morgan fingerprint density at radius 3 is 2.56 bits per heavy atom. The SMILES string of the molecule is CN(Cc1cnc2nc(N)nc(N)c2n1)c1ccc(C(=O)NC(CCC(=O)OCCS)C(=O)O)cc1. The summed E-state index contributed by atoms with van der Waals surface area (Å²) in [5.41, 5.74) is 13.8. The van der Waals surface area contributed by atoms with Gasteiger partial charge in [-0.25, -0.2) is 14.8 Å². The van der Waals surface area contributed by atoms with Gasteiger partial charge in [0.2, 0.25) is 5.95 Å². The molecule has 36 heavy (non-hydrogen) atoms. The van der Waals surface area contributed by atoms with E-state index in [1.807, 2.05) is 11.9 Å². The lowest BCUT2D eigenvalue weighted by molar-refractivity contribution is -0.144. The number of rotatable bonds is 11. The van der Waals surface area contributed by atoms with Crippen molar-refractivity contribution in [2.75, 3.05) is 35.8 Å². The number of nitrogens with zero attached hydrogens (tertiary/aromatic N) is 5. The zero-order chi connectivity index (χ0) is 26.2. The van der Waals surface area contributed by atoms with Crippen molar-refractivity contribution in [3.8, 4) is 0 Å². The summed E-state index contributed by atoms with van der Waals surface area (Å²) < 4.78 is 4.87. The van der Waals surface area contributed by atoms with Gasteiger partial charge in [0.25, 0.3) is 5.91 Å². The summed E-state index contributed by atoms with van der Waals surface area (Å²) in [6.07, 6.45) is 1.33. The minimum Gasteiger partial charge on any atom is -0.480 e. The van der Waals surface area contributed by atoms with E-state index in [0.29, 0.717) is 29.2 Å². The van der Waals surface area contributed by atoms with Crippen LogP contribution in [0.4, 0.5) is 17.5 Å². The molecule has 3 rings (SSSR count). The zero-order valence-corrected chi connectivity index (χ0v) is 20.3. The summed E-state index contributed by atoms with van der Waals surface area (Å²) in [6, 6.07) is 5.34. The summed E-state index contributed by atoms with van der Waals surface area (Å²) in [5.74, 6) is -1.84. The number of amides is 1. The van der Waals surface area contributed by atoms with E-state index in [4.69, 9.17) is 16.2 Å². The second kappa shape index (κ2) is 12.0. The Morgan fingerprint density at radius 2 is 1.89 bits per heavy atom. The molecule has 2 aromatic heterocycles. The van der Waals surface area contributed by atoms with E-state index in [1.165, 1.54) is 0 Å². The third-order valence-corrected chi connectivity index (χ3v) is 5.25. The Morgan fingerprint density at radius 1 is 1.17 bits per heavy atom. The zero-order valence-electron chi connectivity index (χ0n) is 19.4. The van der Waals surface area contributed by atoms with Gasteiger partial charge < -0.3 is 31.5 Å². The maximum atomic E-state index is 12.6. The lowest BCUT2D eigenvalue weighted by atomic mass is 10.1. The summed E-state index contributed by atoms with van der Waals surface area (Å²) in [6.45, 7) is 0.514. The molecule has 0 radical (unpaired) electrons. The number of fused-ring (bicyclic) bond motifs is 1. The van der Waals surface area contributed by atoms with E-state index in [0.717, 1.165) is 5.69 Å². The average molecular weight is 515 g/mol. The Labute approximate surface area is 211 Å². The van der Waals surface area contributed by atoms with Crippen LogP contribution < -0.4 is 21.7 Å². The number of hydrogen-bond donors (Lipinski definition) is 5. The first-order valence-corrected chi connectivity index (χ1v) is 11.5. The molecule has 13 nitrogen and oxygen atoms in total. The number of carboxylic acid groups (broad SMARTS) is 1. The highest BCUT2D eigenvalue weighted by Crippen LogP contribution is 2.19. The smallest absolute Gasteiger partial charge is 0.326 e. The molecule has 1 amide bonds. The summed E-state index contributed by atoms with van der Waals surface area (Å²) in [7, 11) is 1.83. The molecule has 0 aliphatic carbocycles. The fourth-order valence-corrected chi connectivity index (χ4v) is 3.34. The first-order valence-electron chi connectivity index (χ1n) is 10.8. The van der Waals surface area contributed by atoms with Crippen molar-refractivity contribution in [3.63, 3.8) is 0 Å². The molecule has 0 aliphatic rings. The van der Waals surface area contributed by atoms with Crippen molar-refractivity contribution in [2.45, 2.75) is 25.4 Å². The second-order valence-corrected chi connectivity index (χ2v) is 8.20. The van der Waals surface area contributed by atoms with Crippen LogP contribution in [-0.2, 0) is 20.9 Å². The molecule has 0 bridgehead atoms. The van der Waals surface area contributed by atoms with Crippen molar-refractivity contribution in [2.24, 2.45) is 0 Å². The molecule has 1 aromatic carbocycles. The van der Waals surface area contributed by atoms with E-state index in [1.54, 1.807) is 30.5 Å². The highest BCUT2D eigenvalue weighted by Gasteiger charge is 2.22. The van der Waals surface area contributed by atoms with Crippen LogP contribution in [0.2, 0.25) is 0 Å². The van der Waals surface area contributed by atoms with Crippen molar-refractivity contribution in [1.29, 1.82) is 0 Å². The topological polar surface area (TPSA) is 200 Å². The van der Waals surface area contributed by atoms with Crippen LogP contribution in [0.3, 0.4) is 0 Å². The Kier molecular flexibility index (Phi) is 8.78. The average Bonchev–Trinajstić information content (AvgIpc) is 2.85. The lowest BCUT2D eigenvalue weighted by Gasteiger charge is -2.19. The molecule has 6 N–H and O–H groups in total. The van der Waals surface area contributed by atoms with Gasteiger partial charge >= 0.3 is 11.9 Å². The molecule has 0 saturated carbocycles. The highest BCUT2D eigenvalue weighted by atomic mass is 32.1. The van der Waals surface area contributed by atoms with E-state index < -0.39 is 23.9 Å². The quantitative estimate of drug-likeness (QED) is 0.177. The highest BCUT2D eigenvalue weighted by molar-refractivity contribution is 7.80. The first-order chi connectivity index (χ1) is 17.2. The third kappa shape index (κ3) is 6.91. The standard InChI is InChI=1S/C22H26N8O5S/c1-30(11-13-10-25-19-17(26-13)18(23)28-22(24)29-19)14-4-2-12(3-5-14)20(32)27-15(21(33)34)6-7-16(31)35-8-9-36/h2-5,10,15,36H,6-9,11H2,1H3,(H,27,32)(H,33,34)(H4,23,24,25,28,29). The number of benzene rings is 1. The van der Waals surface area contributed by atoms with Crippen molar-refractivity contribution >= 4 is 59.1 Å². The van der Waals surface area contributed by atoms with E-state index in [9.17, 15) is 19.5 Å². The summed E-state index contributed by atoms with van der Waals surface area (Å²) in [5, 5.41) is 11.8. The fraction of sp³-hybridized carbons (Fsp3) is 0.318. The third-order valence-electron chi connectivity index (χ3n) is 5.07. The molecule has 14 heteroatoms. The summed E-state index contributed by atoms with van der Waals surface area (Å²) in [4.78, 5) is 54.2. The maximum Gasteiger partial charge on any atom is 0.326 e. The number of carbonyl (C=O) groups is 3. The molecule has 190 valence electrons. The normalized spacial score (nSPS) is 11.6. The van der Waals surface area contributed by atoms with Gasteiger partial charge in [0.15, 0.2) is 17.0 Å². The van der Waals surface area contributed by atoms with Crippen molar-refractivity contribution in [3.05, 3.63) is 41.7 Å². The first kappa shape index (κ1) is 26.4. The number of nitrogens with two attached hydrogens (primary N) is 2. The van der Waals surface area contributed by atoms with Crippen molar-refractivity contribution in [1.82, 2.24) is 25.3 Å². The minimum atomic E-state index is -1.24. The molecule has 1 atom stereocenters. The number of nitrogens with one attached hydrogen (secondary N) is 1. The molecule has 0 spiro atoms. The largest absolute Gasteiger partial charge is 0.480 e. The van der Waals surface area contributed by atoms with Crippen LogP contribution in [0.5, 0.6) is 0 Å². The van der Waals surface area contributed by atoms with Crippen LogP contribution >= 0.6 is 12.6 Å². The van der Waals surface area contributed by atoms with Gasteiger partial charge in [-0.1, -0.05) is 0 Å². The van der Waals surface area contributed by atoms with Gasteiger partial charge in [-0.15, -0.1) is 0 Å². The van der Waals surface area contributed by atoms with Gasteiger partial charge in [-0.05, 0) is 30.7 Å². The van der Waals surface area contributed by atoms with Crippen LogP contribution in [-0.4, -0.2) is 68.3 Å². The van der Waals surface area contributed by atoms with Crippen LogP contribution in [0.25, 0.3) is 11.2 Å². The number of hydrogen-bond acceptors (Lipinski definition) is 12. The fourth-order valence-electron chi connectivity index (χ4n) is 3.25. The van der Waals surface area contributed by atoms with Gasteiger partial charge in [0, 0.05) is 30.5 Å². The Bertz CT molecular complexity index is 1260. The number of thiol groups is 1. The van der Waals surface area contributed by atoms with E-state index in [2.05, 4.69) is 37.9 Å². The van der Waals surface area contributed by atoms with Crippen LogP contribution in [0, 0.1) is 0 Å². The van der Waals surface area contributed by atoms with Gasteiger partial charge in [0.1, 0.15) is 12.6 Å². The molecule has 0 saturated heterocycles. The molecule has 0 fully saturated rings. The molecular weight excluding hydrogens is 488 g/mol. The molecule has 3 aromatic rings. The number of aromatic nitrogens is 4. The number of carboxylic acids is 1. The van der Waals surface area contributed by atoms with Gasteiger partial charge in [0.05, 0.1) is 18.4 Å². The number of esters is 1. The molecule has 1 unspecified atom stereocenters. The number of aliphatic carboxylic acids is 1. The number of ether oxygens (including phenoxy) is 1. The Hall–Kier alpha value is -4.20. The van der Waals surface area contributed by atoms with Crippen molar-refractivity contribution < 1.29 is 24.2 Å². The molecule has 2 heterocycles. The van der Waals surface area contributed by atoms with E-state index >= 15 is 0 Å². The van der Waals surface area contributed by atoms with Gasteiger partial charge in [-0.2, -0.15) is 22.6 Å². The monoisotopic (exact) mass is 514 g/mol. The number of carbonyl (C=O) groups excluding carboxylic acids is 2. The predicted molar refractivity (Wildman–Crippen MR) is 135 cm³/mol. The van der Waals surface area contributed by atoms with E-state index in [-0.39, 0.29) is 36.8 Å². The summed E-state index contributed by atoms with van der Waals surface area (Å²) >= 11 is 3.94. The Balaban J connectivity index is 1.62. The second-order valence-electron chi connectivity index (χ2n) is 7.75. The molecule has 0 aliphatic heterocycles. The minimum absolute atomic E-state index is 0.0183. The number of nitrogen functional groups attached to an aromatic ring is 2.